The number of imidazole rings is 1. The van der Waals surface area contributed by atoms with E-state index in [0.717, 1.165) is 15.9 Å². The maximum atomic E-state index is 5.03. The summed E-state index contributed by atoms with van der Waals surface area (Å²) in [6.45, 7) is 2.18. The van der Waals surface area contributed by atoms with E-state index in [4.69, 9.17) is 4.98 Å². The molecule has 0 radical (unpaired) electrons. The fraction of sp³-hybridized carbons (Fsp3) is 0.650. The van der Waals surface area contributed by atoms with E-state index in [2.05, 4.69) is 44.9 Å². The van der Waals surface area contributed by atoms with Crippen LogP contribution in [0, 0.1) is 6.92 Å². The third-order valence-corrected chi connectivity index (χ3v) is 6.38. The number of nitrogens with zero attached hydrogens (tertiary/aromatic N) is 2. The lowest BCUT2D eigenvalue weighted by Gasteiger charge is -2.28. The summed E-state index contributed by atoms with van der Waals surface area (Å²) in [6.07, 6.45) is 13.3. The smallest absolute Gasteiger partial charge is 0.204 e. The van der Waals surface area contributed by atoms with Crippen molar-refractivity contribution in [2.24, 2.45) is 0 Å². The molecule has 0 aliphatic heterocycles. The van der Waals surface area contributed by atoms with Gasteiger partial charge in [0.1, 0.15) is 5.52 Å². The highest BCUT2D eigenvalue weighted by molar-refractivity contribution is 9.10. The van der Waals surface area contributed by atoms with E-state index >= 15 is 0 Å². The minimum atomic E-state index is 0.595. The van der Waals surface area contributed by atoms with Crippen LogP contribution in [0.2, 0.25) is 0 Å². The predicted molar refractivity (Wildman–Crippen MR) is 105 cm³/mol. The van der Waals surface area contributed by atoms with Crippen molar-refractivity contribution in [2.75, 3.05) is 5.32 Å². The van der Waals surface area contributed by atoms with Gasteiger partial charge >= 0.3 is 0 Å². The first-order chi connectivity index (χ1) is 11.7. The molecule has 1 heterocycles. The second-order valence-electron chi connectivity index (χ2n) is 7.69. The number of aromatic nitrogens is 2. The molecule has 4 heteroatoms. The zero-order valence-electron chi connectivity index (χ0n) is 14.7. The van der Waals surface area contributed by atoms with E-state index < -0.39 is 0 Å². The van der Waals surface area contributed by atoms with Crippen LogP contribution >= 0.6 is 15.9 Å². The van der Waals surface area contributed by atoms with E-state index in [1.807, 2.05) is 0 Å². The van der Waals surface area contributed by atoms with Gasteiger partial charge in [-0.05, 0) is 66.2 Å². The van der Waals surface area contributed by atoms with Gasteiger partial charge in [-0.3, -0.25) is 0 Å². The van der Waals surface area contributed by atoms with E-state index in [0.29, 0.717) is 12.1 Å². The molecule has 0 spiro atoms. The molecule has 0 amide bonds. The summed E-state index contributed by atoms with van der Waals surface area (Å²) in [7, 11) is 0. The monoisotopic (exact) mass is 389 g/mol. The summed E-state index contributed by atoms with van der Waals surface area (Å²) in [6, 6.07) is 5.69. The minimum absolute atomic E-state index is 0.595. The Bertz CT molecular complexity index is 709. The Morgan fingerprint density at radius 2 is 1.67 bits per heavy atom. The first-order valence-electron chi connectivity index (χ1n) is 9.67. The van der Waals surface area contributed by atoms with Gasteiger partial charge in [-0.25, -0.2) is 4.98 Å². The number of fused-ring (bicyclic) bond motifs is 1. The van der Waals surface area contributed by atoms with E-state index in [1.54, 1.807) is 0 Å². The molecule has 3 nitrogen and oxygen atoms in total. The van der Waals surface area contributed by atoms with Crippen LogP contribution in [0.4, 0.5) is 5.95 Å². The zero-order valence-corrected chi connectivity index (χ0v) is 16.2. The fourth-order valence-corrected chi connectivity index (χ4v) is 5.18. The third kappa shape index (κ3) is 3.22. The Morgan fingerprint density at radius 3 is 2.38 bits per heavy atom. The lowest BCUT2D eigenvalue weighted by atomic mass is 9.94. The van der Waals surface area contributed by atoms with Gasteiger partial charge in [-0.1, -0.05) is 38.5 Å². The molecule has 2 aliphatic carbocycles. The predicted octanol–water partition coefficient (Wildman–Crippen LogP) is 6.36. The van der Waals surface area contributed by atoms with Crippen LogP contribution in [-0.4, -0.2) is 15.6 Å². The molecule has 2 fully saturated rings. The van der Waals surface area contributed by atoms with Crippen molar-refractivity contribution in [3.05, 3.63) is 22.2 Å². The van der Waals surface area contributed by atoms with Gasteiger partial charge < -0.3 is 9.88 Å². The standard InChI is InChI=1S/C20H28BrN3/c1-14-12-17(21)19-18(13-14)24(16-10-6-3-7-11-16)20(23-19)22-15-8-4-2-5-9-15/h12-13,15-16H,2-11H2,1H3,(H,22,23). The fourth-order valence-electron chi connectivity index (χ4n) is 4.52. The lowest BCUT2D eigenvalue weighted by Crippen LogP contribution is -2.25. The molecule has 1 aromatic heterocycles. The molecule has 0 bridgehead atoms. The average molecular weight is 390 g/mol. The van der Waals surface area contributed by atoms with Crippen LogP contribution in [0.3, 0.4) is 0 Å². The molecule has 0 saturated heterocycles. The van der Waals surface area contributed by atoms with E-state index in [9.17, 15) is 0 Å². The third-order valence-electron chi connectivity index (χ3n) is 5.77. The molecule has 0 atom stereocenters. The molecule has 2 aliphatic rings. The normalized spacial score (nSPS) is 20.6. The summed E-state index contributed by atoms with van der Waals surface area (Å²) in [4.78, 5) is 5.03. The molecular weight excluding hydrogens is 362 g/mol. The maximum Gasteiger partial charge on any atom is 0.204 e. The Balaban J connectivity index is 1.76. The summed E-state index contributed by atoms with van der Waals surface area (Å²) in [5, 5.41) is 3.81. The lowest BCUT2D eigenvalue weighted by molar-refractivity contribution is 0.360. The van der Waals surface area contributed by atoms with Gasteiger partial charge in [0.25, 0.3) is 0 Å². The van der Waals surface area contributed by atoms with Crippen molar-refractivity contribution < 1.29 is 0 Å². The Kier molecular flexibility index (Phi) is 4.84. The first kappa shape index (κ1) is 16.4. The van der Waals surface area contributed by atoms with Gasteiger partial charge in [-0.2, -0.15) is 0 Å². The molecule has 1 N–H and O–H groups in total. The number of hydrogen-bond donors (Lipinski definition) is 1. The molecule has 2 saturated carbocycles. The van der Waals surface area contributed by atoms with Crippen LogP contribution in [0.15, 0.2) is 16.6 Å². The van der Waals surface area contributed by atoms with Crippen molar-refractivity contribution in [2.45, 2.75) is 83.2 Å². The average Bonchev–Trinajstić information content (AvgIpc) is 2.95. The van der Waals surface area contributed by atoms with Crippen molar-refractivity contribution in [1.82, 2.24) is 9.55 Å². The number of hydrogen-bond acceptors (Lipinski definition) is 2. The van der Waals surface area contributed by atoms with Gasteiger partial charge in [0.05, 0.1) is 5.52 Å². The topological polar surface area (TPSA) is 29.9 Å². The Morgan fingerprint density at radius 1 is 1.00 bits per heavy atom. The number of nitrogens with one attached hydrogen (secondary N) is 1. The quantitative estimate of drug-likeness (QED) is 0.661. The van der Waals surface area contributed by atoms with Gasteiger partial charge in [0.2, 0.25) is 5.95 Å². The van der Waals surface area contributed by atoms with Gasteiger partial charge in [0, 0.05) is 16.6 Å². The molecule has 2 aromatic rings. The Hall–Kier alpha value is -1.03. The number of anilines is 1. The highest BCUT2D eigenvalue weighted by Crippen LogP contribution is 2.37. The summed E-state index contributed by atoms with van der Waals surface area (Å²) >= 11 is 3.74. The van der Waals surface area contributed by atoms with Gasteiger partial charge in [-0.15, -0.1) is 0 Å². The van der Waals surface area contributed by atoms with Crippen molar-refractivity contribution in [3.8, 4) is 0 Å². The molecular formula is C20H28BrN3. The number of aryl methyl sites for hydroxylation is 1. The van der Waals surface area contributed by atoms with Crippen molar-refractivity contribution in [1.29, 1.82) is 0 Å². The highest BCUT2D eigenvalue weighted by atomic mass is 79.9. The summed E-state index contributed by atoms with van der Waals surface area (Å²) in [5.74, 6) is 1.11. The number of halogens is 1. The second kappa shape index (κ2) is 7.07. The largest absolute Gasteiger partial charge is 0.353 e. The van der Waals surface area contributed by atoms with Crippen LogP contribution in [0.5, 0.6) is 0 Å². The first-order valence-corrected chi connectivity index (χ1v) is 10.5. The van der Waals surface area contributed by atoms with Crippen LogP contribution in [0.25, 0.3) is 11.0 Å². The number of benzene rings is 1. The zero-order chi connectivity index (χ0) is 16.5. The van der Waals surface area contributed by atoms with Crippen molar-refractivity contribution in [3.63, 3.8) is 0 Å². The molecule has 0 unspecified atom stereocenters. The highest BCUT2D eigenvalue weighted by Gasteiger charge is 2.24. The van der Waals surface area contributed by atoms with Gasteiger partial charge in [0.15, 0.2) is 0 Å². The second-order valence-corrected chi connectivity index (χ2v) is 8.55. The minimum Gasteiger partial charge on any atom is -0.353 e. The number of rotatable bonds is 3. The molecule has 1 aromatic carbocycles. The van der Waals surface area contributed by atoms with Crippen LogP contribution in [0.1, 0.15) is 75.8 Å². The molecule has 130 valence electrons. The summed E-state index contributed by atoms with van der Waals surface area (Å²) in [5.41, 5.74) is 3.71. The van der Waals surface area contributed by atoms with E-state index in [-0.39, 0.29) is 0 Å². The van der Waals surface area contributed by atoms with Crippen LogP contribution in [-0.2, 0) is 0 Å². The van der Waals surface area contributed by atoms with E-state index in [1.165, 1.54) is 75.3 Å². The summed E-state index contributed by atoms with van der Waals surface area (Å²) < 4.78 is 3.65. The molecule has 4 rings (SSSR count). The molecule has 24 heavy (non-hydrogen) atoms. The maximum absolute atomic E-state index is 5.03. The van der Waals surface area contributed by atoms with Crippen molar-refractivity contribution >= 4 is 32.9 Å². The SMILES string of the molecule is Cc1cc(Br)c2nc(NC3CCCCC3)n(C3CCCCC3)c2c1. The van der Waals surface area contributed by atoms with Crippen LogP contribution < -0.4 is 5.32 Å². The Labute approximate surface area is 153 Å².